The van der Waals surface area contributed by atoms with Crippen molar-refractivity contribution in [2.24, 2.45) is 0 Å². The predicted molar refractivity (Wildman–Crippen MR) is 153 cm³/mol. The van der Waals surface area contributed by atoms with Crippen molar-refractivity contribution in [2.45, 2.75) is 6.16 Å². The van der Waals surface area contributed by atoms with Gasteiger partial charge in [0.15, 0.2) is 0 Å². The summed E-state index contributed by atoms with van der Waals surface area (Å²) in [7, 11) is 0. The molecule has 34 heavy (non-hydrogen) atoms. The monoisotopic (exact) mass is 523 g/mol. The molecule has 0 fully saturated rings. The summed E-state index contributed by atoms with van der Waals surface area (Å²) in [6.07, 6.45) is 0.838. The van der Waals surface area contributed by atoms with Gasteiger partial charge in [0, 0.05) is 0 Å². The van der Waals surface area contributed by atoms with Crippen molar-refractivity contribution in [2.75, 3.05) is 4.67 Å². The van der Waals surface area contributed by atoms with E-state index in [4.69, 9.17) is 0 Å². The average Bonchev–Trinajstić information content (AvgIpc) is 2.92. The molecule has 0 aliphatic rings. The standard InChI is InChI=1S/C31H27BrNP/c32-34(30-22-12-4-13-23-30,31-24-14-5-15-25-31,26-27-16-6-1-7-17-27)33(28-18-8-2-9-19-28)29-20-10-3-11-21-29/h1-25H,26H2. The zero-order valence-corrected chi connectivity index (χ0v) is 21.4. The molecular weight excluding hydrogens is 497 g/mol. The van der Waals surface area contributed by atoms with Crippen molar-refractivity contribution in [1.29, 1.82) is 0 Å². The van der Waals surface area contributed by atoms with Crippen LogP contribution in [0.25, 0.3) is 0 Å². The molecule has 0 aliphatic carbocycles. The Bertz CT molecular complexity index is 1250. The molecule has 0 saturated carbocycles. The van der Waals surface area contributed by atoms with E-state index in [1.807, 2.05) is 0 Å². The Kier molecular flexibility index (Phi) is 6.37. The summed E-state index contributed by atoms with van der Waals surface area (Å²) >= 11 is 4.64. The molecule has 168 valence electrons. The second kappa shape index (κ2) is 9.58. The van der Waals surface area contributed by atoms with Gasteiger partial charge in [0.1, 0.15) is 0 Å². The van der Waals surface area contributed by atoms with Crippen LogP contribution in [0.3, 0.4) is 0 Å². The Hall–Kier alpha value is -3.19. The fourth-order valence-electron chi connectivity index (χ4n) is 4.78. The maximum absolute atomic E-state index is 4.64. The van der Waals surface area contributed by atoms with Gasteiger partial charge < -0.3 is 0 Å². The molecule has 0 heterocycles. The SMILES string of the molecule is BrP(Cc1ccccc1)(c1ccccc1)(c1ccccc1)N(c1ccccc1)c1ccccc1. The van der Waals surface area contributed by atoms with Crippen molar-refractivity contribution in [1.82, 2.24) is 0 Å². The number of para-hydroxylation sites is 2. The van der Waals surface area contributed by atoms with E-state index >= 15 is 0 Å². The van der Waals surface area contributed by atoms with Crippen LogP contribution in [0.2, 0.25) is 0 Å². The third kappa shape index (κ3) is 3.98. The van der Waals surface area contributed by atoms with Crippen molar-refractivity contribution < 1.29 is 0 Å². The molecule has 5 aromatic carbocycles. The van der Waals surface area contributed by atoms with Crippen LogP contribution < -0.4 is 15.3 Å². The molecule has 0 aliphatic heterocycles. The van der Waals surface area contributed by atoms with Crippen LogP contribution in [-0.2, 0) is 6.16 Å². The molecule has 0 aromatic heterocycles. The average molecular weight is 524 g/mol. The first-order valence-corrected chi connectivity index (χ1v) is 15.9. The van der Waals surface area contributed by atoms with Gasteiger partial charge in [-0.15, -0.1) is 0 Å². The molecular formula is C31H27BrNP. The molecule has 0 radical (unpaired) electrons. The molecule has 0 saturated heterocycles. The molecule has 0 N–H and O–H groups in total. The van der Waals surface area contributed by atoms with Crippen LogP contribution in [0, 0.1) is 0 Å². The third-order valence-electron chi connectivity index (χ3n) is 6.29. The van der Waals surface area contributed by atoms with Crippen LogP contribution in [0.15, 0.2) is 152 Å². The van der Waals surface area contributed by atoms with Crippen molar-refractivity contribution in [3.05, 3.63) is 157 Å². The van der Waals surface area contributed by atoms with Crippen LogP contribution in [-0.4, -0.2) is 0 Å². The second-order valence-electron chi connectivity index (χ2n) is 8.43. The Morgan fingerprint density at radius 3 is 1.15 bits per heavy atom. The maximum atomic E-state index is 4.64. The first kappa shape index (κ1) is 22.6. The van der Waals surface area contributed by atoms with Crippen LogP contribution >= 0.6 is 20.9 Å². The van der Waals surface area contributed by atoms with Gasteiger partial charge in [-0.05, 0) is 0 Å². The van der Waals surface area contributed by atoms with Crippen molar-refractivity contribution in [3.8, 4) is 0 Å². The number of halogens is 1. The Morgan fingerprint density at radius 1 is 0.441 bits per heavy atom. The minimum absolute atomic E-state index is 0.838. The van der Waals surface area contributed by atoms with E-state index in [1.54, 1.807) is 0 Å². The first-order chi connectivity index (χ1) is 16.7. The predicted octanol–water partition coefficient (Wildman–Crippen LogP) is 8.45. The van der Waals surface area contributed by atoms with E-state index in [1.165, 1.54) is 16.2 Å². The normalized spacial score (nSPS) is 12.4. The fourth-order valence-corrected chi connectivity index (χ4v) is 13.1. The topological polar surface area (TPSA) is 3.24 Å². The molecule has 5 rings (SSSR count). The van der Waals surface area contributed by atoms with Gasteiger partial charge in [-0.25, -0.2) is 0 Å². The molecule has 0 amide bonds. The molecule has 5 aromatic rings. The third-order valence-corrected chi connectivity index (χ3v) is 15.4. The number of nitrogens with zero attached hydrogens (tertiary/aromatic N) is 1. The van der Waals surface area contributed by atoms with Gasteiger partial charge in [-0.1, -0.05) is 0 Å². The Morgan fingerprint density at radius 2 is 0.765 bits per heavy atom. The van der Waals surface area contributed by atoms with Gasteiger partial charge in [-0.2, -0.15) is 0 Å². The van der Waals surface area contributed by atoms with Gasteiger partial charge >= 0.3 is 211 Å². The summed E-state index contributed by atoms with van der Waals surface area (Å²) in [6.45, 7) is 0. The number of hydrogen-bond acceptors (Lipinski definition) is 1. The van der Waals surface area contributed by atoms with Gasteiger partial charge in [0.25, 0.3) is 0 Å². The van der Waals surface area contributed by atoms with E-state index in [0.29, 0.717) is 0 Å². The molecule has 3 heteroatoms. The number of rotatable bonds is 7. The zero-order chi connectivity index (χ0) is 23.3. The van der Waals surface area contributed by atoms with E-state index in [0.717, 1.165) is 17.5 Å². The van der Waals surface area contributed by atoms with Gasteiger partial charge in [0.05, 0.1) is 0 Å². The molecule has 0 atom stereocenters. The van der Waals surface area contributed by atoms with E-state index < -0.39 is 5.46 Å². The zero-order valence-electron chi connectivity index (χ0n) is 18.9. The Labute approximate surface area is 210 Å². The van der Waals surface area contributed by atoms with Crippen LogP contribution in [0.1, 0.15) is 5.56 Å². The van der Waals surface area contributed by atoms with Crippen molar-refractivity contribution >= 4 is 42.9 Å². The van der Waals surface area contributed by atoms with Crippen LogP contribution in [0.5, 0.6) is 0 Å². The molecule has 0 spiro atoms. The minimum atomic E-state index is -3.28. The number of anilines is 2. The van der Waals surface area contributed by atoms with Crippen molar-refractivity contribution in [3.63, 3.8) is 0 Å². The molecule has 0 unspecified atom stereocenters. The molecule has 1 nitrogen and oxygen atoms in total. The summed E-state index contributed by atoms with van der Waals surface area (Å²) in [5.41, 5.74) is 0.328. The van der Waals surface area contributed by atoms with Gasteiger partial charge in [-0.3, -0.25) is 0 Å². The fraction of sp³-hybridized carbons (Fsp3) is 0.0323. The molecule has 0 bridgehead atoms. The summed E-state index contributed by atoms with van der Waals surface area (Å²) in [4.78, 5) is 0. The van der Waals surface area contributed by atoms with Gasteiger partial charge in [0.2, 0.25) is 0 Å². The number of benzene rings is 5. The first-order valence-electron chi connectivity index (χ1n) is 11.5. The second-order valence-corrected chi connectivity index (χ2v) is 17.0. The Balaban J connectivity index is 1.93. The summed E-state index contributed by atoms with van der Waals surface area (Å²) < 4.78 is 2.57. The number of hydrogen-bond donors (Lipinski definition) is 0. The van der Waals surface area contributed by atoms with E-state index in [9.17, 15) is 0 Å². The quantitative estimate of drug-likeness (QED) is 0.193. The summed E-state index contributed by atoms with van der Waals surface area (Å²) in [5, 5.41) is 2.58. The van der Waals surface area contributed by atoms with Crippen LogP contribution in [0.4, 0.5) is 11.4 Å². The summed E-state index contributed by atoms with van der Waals surface area (Å²) in [6, 6.07) is 54.3. The van der Waals surface area contributed by atoms with E-state index in [-0.39, 0.29) is 0 Å². The van der Waals surface area contributed by atoms with E-state index in [2.05, 4.69) is 172 Å². The summed E-state index contributed by atoms with van der Waals surface area (Å²) in [5.74, 6) is 0.